The summed E-state index contributed by atoms with van der Waals surface area (Å²) in [5.74, 6) is 0. The molecule has 86 valence electrons. The van der Waals surface area contributed by atoms with Crippen LogP contribution in [0.4, 0.5) is 0 Å². The number of hydrogen-bond acceptors (Lipinski definition) is 2. The van der Waals surface area contributed by atoms with Gasteiger partial charge in [-0.2, -0.15) is 0 Å². The topological polar surface area (TPSA) is 15.6 Å². The van der Waals surface area contributed by atoms with Gasteiger partial charge in [0, 0.05) is 18.1 Å². The second-order valence-electron chi connectivity index (χ2n) is 2.71. The van der Waals surface area contributed by atoms with Gasteiger partial charge in [0.1, 0.15) is 0 Å². The largest absolute Gasteiger partial charge is 0.319 e. The highest BCUT2D eigenvalue weighted by molar-refractivity contribution is 5.99. The lowest BCUT2D eigenvalue weighted by molar-refractivity contribution is 0.594. The average Bonchev–Trinajstić information content (AvgIpc) is 2.24. The first kappa shape index (κ1) is 16.1. The maximum absolute atomic E-state index is 4.26. The summed E-state index contributed by atoms with van der Waals surface area (Å²) in [4.78, 5) is 6.29. The SMILES string of the molecule is C.C=CN1C(C)=CN=C(C)/C1=C/C.CC. The molecule has 0 N–H and O–H groups in total. The zero-order valence-electron chi connectivity index (χ0n) is 9.83. The first-order chi connectivity index (χ1) is 6.70. The van der Waals surface area contributed by atoms with E-state index in [2.05, 4.69) is 11.6 Å². The van der Waals surface area contributed by atoms with Crippen LogP contribution in [0, 0.1) is 0 Å². The van der Waals surface area contributed by atoms with E-state index in [4.69, 9.17) is 0 Å². The van der Waals surface area contributed by atoms with Crippen LogP contribution < -0.4 is 0 Å². The lowest BCUT2D eigenvalue weighted by atomic mass is 10.2. The van der Waals surface area contributed by atoms with E-state index in [1.165, 1.54) is 0 Å². The van der Waals surface area contributed by atoms with Crippen molar-refractivity contribution in [3.63, 3.8) is 0 Å². The van der Waals surface area contributed by atoms with Gasteiger partial charge < -0.3 is 4.90 Å². The zero-order chi connectivity index (χ0) is 11.1. The quantitative estimate of drug-likeness (QED) is 0.626. The third-order valence-corrected chi connectivity index (χ3v) is 1.91. The second-order valence-corrected chi connectivity index (χ2v) is 2.71. The van der Waals surface area contributed by atoms with Crippen LogP contribution in [0.2, 0.25) is 0 Å². The molecule has 15 heavy (non-hydrogen) atoms. The molecule has 2 nitrogen and oxygen atoms in total. The van der Waals surface area contributed by atoms with Crippen LogP contribution in [0.1, 0.15) is 42.0 Å². The third kappa shape index (κ3) is 3.74. The Morgan fingerprint density at radius 2 is 1.87 bits per heavy atom. The van der Waals surface area contributed by atoms with Crippen LogP contribution in [0.25, 0.3) is 0 Å². The van der Waals surface area contributed by atoms with Crippen molar-refractivity contribution < 1.29 is 0 Å². The zero-order valence-corrected chi connectivity index (χ0v) is 9.83. The van der Waals surface area contributed by atoms with Gasteiger partial charge >= 0.3 is 0 Å². The fourth-order valence-electron chi connectivity index (χ4n) is 1.27. The van der Waals surface area contributed by atoms with E-state index in [0.717, 1.165) is 17.1 Å². The third-order valence-electron chi connectivity index (χ3n) is 1.91. The molecule has 0 bridgehead atoms. The molecule has 0 atom stereocenters. The first-order valence-electron chi connectivity index (χ1n) is 5.00. The van der Waals surface area contributed by atoms with Gasteiger partial charge in [-0.15, -0.1) is 0 Å². The van der Waals surface area contributed by atoms with E-state index < -0.39 is 0 Å². The molecule has 0 amide bonds. The monoisotopic (exact) mass is 208 g/mol. The molecule has 0 aromatic carbocycles. The van der Waals surface area contributed by atoms with Gasteiger partial charge in [0.05, 0.1) is 11.4 Å². The van der Waals surface area contributed by atoms with Crippen molar-refractivity contribution in [1.82, 2.24) is 4.90 Å². The van der Waals surface area contributed by atoms with Crippen LogP contribution in [0.15, 0.2) is 41.4 Å². The summed E-state index contributed by atoms with van der Waals surface area (Å²) < 4.78 is 0. The Morgan fingerprint density at radius 3 is 2.20 bits per heavy atom. The van der Waals surface area contributed by atoms with E-state index in [0.29, 0.717) is 0 Å². The van der Waals surface area contributed by atoms with E-state index in [9.17, 15) is 0 Å². The Hall–Kier alpha value is -1.31. The van der Waals surface area contributed by atoms with Gasteiger partial charge in [-0.1, -0.05) is 33.9 Å². The molecule has 0 saturated heterocycles. The minimum atomic E-state index is 0. The average molecular weight is 208 g/mol. The van der Waals surface area contributed by atoms with Crippen LogP contribution in [-0.2, 0) is 0 Å². The van der Waals surface area contributed by atoms with Crippen molar-refractivity contribution in [3.8, 4) is 0 Å². The second kappa shape index (κ2) is 8.04. The fraction of sp³-hybridized carbons (Fsp3) is 0.462. The maximum Gasteiger partial charge on any atom is 0.0622 e. The summed E-state index contributed by atoms with van der Waals surface area (Å²) in [5, 5.41) is 0. The Balaban J connectivity index is 0. The molecule has 2 heteroatoms. The van der Waals surface area contributed by atoms with Crippen LogP contribution >= 0.6 is 0 Å². The molecule has 1 rings (SSSR count). The smallest absolute Gasteiger partial charge is 0.0622 e. The highest BCUT2D eigenvalue weighted by Crippen LogP contribution is 2.19. The lowest BCUT2D eigenvalue weighted by Crippen LogP contribution is -2.21. The van der Waals surface area contributed by atoms with Crippen LogP contribution in [-0.4, -0.2) is 10.6 Å². The predicted molar refractivity (Wildman–Crippen MR) is 70.7 cm³/mol. The molecule has 0 aromatic rings. The van der Waals surface area contributed by atoms with Crippen molar-refractivity contribution in [2.45, 2.75) is 42.0 Å². The van der Waals surface area contributed by atoms with Gasteiger partial charge in [0.2, 0.25) is 0 Å². The molecule has 1 aliphatic heterocycles. The van der Waals surface area contributed by atoms with Crippen molar-refractivity contribution in [3.05, 3.63) is 36.4 Å². The molecular weight excluding hydrogens is 184 g/mol. The predicted octanol–water partition coefficient (Wildman–Crippen LogP) is 4.33. The molecule has 0 aromatic heterocycles. The lowest BCUT2D eigenvalue weighted by Gasteiger charge is -2.26. The number of aliphatic imine (C=N–C) groups is 1. The van der Waals surface area contributed by atoms with Crippen LogP contribution in [0.5, 0.6) is 0 Å². The summed E-state index contributed by atoms with van der Waals surface area (Å²) >= 11 is 0. The molecule has 0 fully saturated rings. The Morgan fingerprint density at radius 1 is 1.33 bits per heavy atom. The summed E-state index contributed by atoms with van der Waals surface area (Å²) in [6, 6.07) is 0. The van der Waals surface area contributed by atoms with Crippen molar-refractivity contribution in [2.75, 3.05) is 0 Å². The summed E-state index contributed by atoms with van der Waals surface area (Å²) in [7, 11) is 0. The summed E-state index contributed by atoms with van der Waals surface area (Å²) in [6.07, 6.45) is 5.69. The Bertz CT molecular complexity index is 283. The fourth-order valence-corrected chi connectivity index (χ4v) is 1.27. The highest BCUT2D eigenvalue weighted by atomic mass is 15.2. The van der Waals surface area contributed by atoms with E-state index in [-0.39, 0.29) is 7.43 Å². The molecule has 1 aliphatic rings. The molecule has 0 saturated carbocycles. The van der Waals surface area contributed by atoms with Crippen molar-refractivity contribution in [1.29, 1.82) is 0 Å². The summed E-state index contributed by atoms with van der Waals surface area (Å²) in [5.41, 5.74) is 3.25. The highest BCUT2D eigenvalue weighted by Gasteiger charge is 2.13. The van der Waals surface area contributed by atoms with Crippen molar-refractivity contribution in [2.24, 2.45) is 4.99 Å². The Kier molecular flexibility index (Phi) is 8.64. The molecule has 1 heterocycles. The van der Waals surface area contributed by atoms with Gasteiger partial charge in [0.15, 0.2) is 0 Å². The van der Waals surface area contributed by atoms with E-state index in [1.807, 2.05) is 51.8 Å². The molecule has 0 radical (unpaired) electrons. The van der Waals surface area contributed by atoms with Crippen LogP contribution in [0.3, 0.4) is 0 Å². The maximum atomic E-state index is 4.26. The normalized spacial score (nSPS) is 16.9. The number of rotatable bonds is 1. The number of nitrogens with zero attached hydrogens (tertiary/aromatic N) is 2. The van der Waals surface area contributed by atoms with Gasteiger partial charge in [0.25, 0.3) is 0 Å². The minimum absolute atomic E-state index is 0. The molecule has 0 spiro atoms. The van der Waals surface area contributed by atoms with Gasteiger partial charge in [-0.05, 0) is 20.8 Å². The van der Waals surface area contributed by atoms with E-state index >= 15 is 0 Å². The van der Waals surface area contributed by atoms with Gasteiger partial charge in [-0.25, -0.2) is 0 Å². The minimum Gasteiger partial charge on any atom is -0.319 e. The van der Waals surface area contributed by atoms with Gasteiger partial charge in [-0.3, -0.25) is 4.99 Å². The molecule has 0 unspecified atom stereocenters. The molecule has 0 aliphatic carbocycles. The Labute approximate surface area is 94.7 Å². The number of allylic oxidation sites excluding steroid dienone is 3. The number of hydrogen-bond donors (Lipinski definition) is 0. The molecular formula is C13H24N2. The van der Waals surface area contributed by atoms with Crippen molar-refractivity contribution >= 4 is 5.71 Å². The summed E-state index contributed by atoms with van der Waals surface area (Å²) in [6.45, 7) is 13.8. The standard InChI is InChI=1S/C10H14N2.C2H6.CH4/c1-5-10-9(4)11-7-8(3)12(10)6-2;1-2;/h5-7H,2H2,1,3-4H3;1-2H3;1H4/b10-5-;;. The van der Waals surface area contributed by atoms with E-state index in [1.54, 1.807) is 6.20 Å². The first-order valence-corrected chi connectivity index (χ1v) is 5.00.